The van der Waals surface area contributed by atoms with Gasteiger partial charge in [0.1, 0.15) is 0 Å². The summed E-state index contributed by atoms with van der Waals surface area (Å²) in [5.74, 6) is 0.163. The number of imidazole rings is 1. The first kappa shape index (κ1) is 17.1. The number of anilines is 1. The van der Waals surface area contributed by atoms with Crippen molar-refractivity contribution in [3.05, 3.63) is 42.1 Å². The van der Waals surface area contributed by atoms with E-state index in [2.05, 4.69) is 25.0 Å². The van der Waals surface area contributed by atoms with E-state index < -0.39 is 17.8 Å². The largest absolute Gasteiger partial charge is 0.453 e. The van der Waals surface area contributed by atoms with Gasteiger partial charge in [-0.25, -0.2) is 9.78 Å². The molecule has 0 spiro atoms. The third-order valence-electron chi connectivity index (χ3n) is 3.12. The number of alkyl halides is 3. The van der Waals surface area contributed by atoms with Crippen LogP contribution >= 0.6 is 11.8 Å². The Balaban J connectivity index is 1.83. The number of methoxy groups -OCH3 is 1. The highest BCUT2D eigenvalue weighted by Crippen LogP contribution is 2.34. The number of fused-ring (bicyclic) bond motifs is 1. The van der Waals surface area contributed by atoms with Crippen molar-refractivity contribution in [2.75, 3.05) is 12.4 Å². The number of nitrogens with zero attached hydrogens (tertiary/aromatic N) is 2. The van der Waals surface area contributed by atoms with E-state index in [0.717, 1.165) is 23.9 Å². The SMILES string of the molecule is COC(=O)Nc1nc2ncc(Sc3cccc(C(F)(F)F)c3)cc2[nH]1. The van der Waals surface area contributed by atoms with Crippen LogP contribution in [0, 0.1) is 0 Å². The number of hydrogen-bond donors (Lipinski definition) is 2. The van der Waals surface area contributed by atoms with Crippen molar-refractivity contribution in [2.24, 2.45) is 0 Å². The first-order chi connectivity index (χ1) is 11.8. The van der Waals surface area contributed by atoms with E-state index in [1.165, 1.54) is 19.4 Å². The molecule has 0 radical (unpaired) electrons. The molecule has 10 heteroatoms. The lowest BCUT2D eigenvalue weighted by Gasteiger charge is -2.08. The number of aromatic nitrogens is 3. The van der Waals surface area contributed by atoms with E-state index in [1.54, 1.807) is 12.1 Å². The maximum absolute atomic E-state index is 12.8. The van der Waals surface area contributed by atoms with Crippen LogP contribution in [0.2, 0.25) is 0 Å². The minimum absolute atomic E-state index is 0.163. The predicted molar refractivity (Wildman–Crippen MR) is 85.5 cm³/mol. The van der Waals surface area contributed by atoms with Crippen LogP contribution in [0.5, 0.6) is 0 Å². The van der Waals surface area contributed by atoms with Crippen molar-refractivity contribution in [3.8, 4) is 0 Å². The molecule has 25 heavy (non-hydrogen) atoms. The van der Waals surface area contributed by atoms with Crippen LogP contribution in [0.3, 0.4) is 0 Å². The third kappa shape index (κ3) is 4.02. The van der Waals surface area contributed by atoms with Crippen LogP contribution in [0.25, 0.3) is 11.2 Å². The fourth-order valence-electron chi connectivity index (χ4n) is 2.02. The average molecular weight is 368 g/mol. The second-order valence-corrected chi connectivity index (χ2v) is 6.02. The van der Waals surface area contributed by atoms with Gasteiger partial charge in [0.15, 0.2) is 5.65 Å². The number of carbonyl (C=O) groups excluding carboxylic acids is 1. The Morgan fingerprint density at radius 2 is 2.08 bits per heavy atom. The van der Waals surface area contributed by atoms with Crippen LogP contribution < -0.4 is 5.32 Å². The lowest BCUT2D eigenvalue weighted by Crippen LogP contribution is -2.11. The molecule has 0 aliphatic rings. The Morgan fingerprint density at radius 3 is 2.80 bits per heavy atom. The van der Waals surface area contributed by atoms with Gasteiger partial charge in [-0.1, -0.05) is 17.8 Å². The summed E-state index contributed by atoms with van der Waals surface area (Å²) in [5, 5.41) is 2.37. The van der Waals surface area contributed by atoms with E-state index >= 15 is 0 Å². The molecule has 2 heterocycles. The maximum Gasteiger partial charge on any atom is 0.416 e. The Hall–Kier alpha value is -2.75. The molecule has 0 aliphatic carbocycles. The first-order valence-corrected chi connectivity index (χ1v) is 7.72. The Kier molecular flexibility index (Phi) is 4.53. The van der Waals surface area contributed by atoms with Gasteiger partial charge in [0.25, 0.3) is 0 Å². The molecule has 0 saturated heterocycles. The number of benzene rings is 1. The molecule has 0 atom stereocenters. The summed E-state index contributed by atoms with van der Waals surface area (Å²) < 4.78 is 42.8. The van der Waals surface area contributed by atoms with Gasteiger partial charge >= 0.3 is 12.3 Å². The van der Waals surface area contributed by atoms with Gasteiger partial charge in [0.05, 0.1) is 18.2 Å². The van der Waals surface area contributed by atoms with E-state index in [4.69, 9.17) is 0 Å². The number of rotatable bonds is 3. The van der Waals surface area contributed by atoms with Gasteiger partial charge in [0, 0.05) is 16.0 Å². The number of pyridine rings is 1. The quantitative estimate of drug-likeness (QED) is 0.720. The Bertz CT molecular complexity index is 927. The summed E-state index contributed by atoms with van der Waals surface area (Å²) >= 11 is 1.14. The van der Waals surface area contributed by atoms with E-state index in [0.29, 0.717) is 21.0 Å². The van der Waals surface area contributed by atoms with E-state index in [9.17, 15) is 18.0 Å². The second kappa shape index (κ2) is 6.63. The van der Waals surface area contributed by atoms with Gasteiger partial charge in [0.2, 0.25) is 5.95 Å². The fraction of sp³-hybridized carbons (Fsp3) is 0.133. The minimum Gasteiger partial charge on any atom is -0.453 e. The molecule has 3 aromatic rings. The normalized spacial score (nSPS) is 11.5. The highest BCUT2D eigenvalue weighted by Gasteiger charge is 2.30. The van der Waals surface area contributed by atoms with Crippen molar-refractivity contribution in [3.63, 3.8) is 0 Å². The smallest absolute Gasteiger partial charge is 0.416 e. The average Bonchev–Trinajstić information content (AvgIpc) is 2.95. The van der Waals surface area contributed by atoms with Crippen molar-refractivity contribution < 1.29 is 22.7 Å². The number of nitrogens with one attached hydrogen (secondary N) is 2. The molecule has 1 amide bonds. The molecular weight excluding hydrogens is 357 g/mol. The van der Waals surface area contributed by atoms with Crippen LogP contribution in [0.4, 0.5) is 23.9 Å². The number of hydrogen-bond acceptors (Lipinski definition) is 5. The van der Waals surface area contributed by atoms with Crippen molar-refractivity contribution in [2.45, 2.75) is 16.0 Å². The highest BCUT2D eigenvalue weighted by atomic mass is 32.2. The van der Waals surface area contributed by atoms with Gasteiger partial charge < -0.3 is 9.72 Å². The van der Waals surface area contributed by atoms with Gasteiger partial charge in [-0.05, 0) is 24.3 Å². The lowest BCUT2D eigenvalue weighted by atomic mass is 10.2. The summed E-state index contributed by atoms with van der Waals surface area (Å²) in [4.78, 5) is 23.3. The van der Waals surface area contributed by atoms with Gasteiger partial charge in [-0.15, -0.1) is 0 Å². The van der Waals surface area contributed by atoms with Crippen molar-refractivity contribution in [1.29, 1.82) is 0 Å². The molecule has 0 aliphatic heterocycles. The molecule has 0 bridgehead atoms. The molecule has 2 aromatic heterocycles. The first-order valence-electron chi connectivity index (χ1n) is 6.91. The second-order valence-electron chi connectivity index (χ2n) is 4.87. The summed E-state index contributed by atoms with van der Waals surface area (Å²) in [6.45, 7) is 0. The zero-order chi connectivity index (χ0) is 18.0. The summed E-state index contributed by atoms with van der Waals surface area (Å²) in [6, 6.07) is 6.72. The van der Waals surface area contributed by atoms with Crippen LogP contribution in [-0.4, -0.2) is 28.2 Å². The number of amides is 1. The summed E-state index contributed by atoms with van der Waals surface area (Å²) in [5.41, 5.74) is 0.181. The van der Waals surface area contributed by atoms with Crippen LogP contribution in [0.1, 0.15) is 5.56 Å². The monoisotopic (exact) mass is 368 g/mol. The standard InChI is InChI=1S/C15H11F3N4O2S/c1-24-14(23)22-13-20-11-6-10(7-19-12(11)21-13)25-9-4-2-3-8(5-9)15(16,17)18/h2-7H,1H3,(H2,19,20,21,22,23). The molecule has 3 rings (SSSR count). The topological polar surface area (TPSA) is 79.9 Å². The molecule has 1 aromatic carbocycles. The number of H-pyrrole nitrogens is 1. The van der Waals surface area contributed by atoms with Crippen LogP contribution in [0.15, 0.2) is 46.3 Å². The minimum atomic E-state index is -4.39. The predicted octanol–water partition coefficient (Wildman–Crippen LogP) is 4.31. The number of carbonyl (C=O) groups is 1. The zero-order valence-corrected chi connectivity index (χ0v) is 13.5. The van der Waals surface area contributed by atoms with Gasteiger partial charge in [-0.3, -0.25) is 5.32 Å². The molecule has 0 unspecified atom stereocenters. The lowest BCUT2D eigenvalue weighted by molar-refractivity contribution is -0.137. The molecule has 6 nitrogen and oxygen atoms in total. The Morgan fingerprint density at radius 1 is 1.28 bits per heavy atom. The molecular formula is C15H11F3N4O2S. The van der Waals surface area contributed by atoms with Crippen LogP contribution in [-0.2, 0) is 10.9 Å². The summed E-state index contributed by atoms with van der Waals surface area (Å²) in [6.07, 6.45) is -3.58. The number of ether oxygens (including phenoxy) is 1. The van der Waals surface area contributed by atoms with Gasteiger partial charge in [-0.2, -0.15) is 18.2 Å². The third-order valence-corrected chi connectivity index (χ3v) is 4.06. The maximum atomic E-state index is 12.8. The van der Waals surface area contributed by atoms with E-state index in [1.807, 2.05) is 0 Å². The molecule has 0 fully saturated rings. The zero-order valence-electron chi connectivity index (χ0n) is 12.7. The molecule has 0 saturated carbocycles. The van der Waals surface area contributed by atoms with Crippen molar-refractivity contribution >= 4 is 35.0 Å². The number of aromatic amines is 1. The fourth-order valence-corrected chi connectivity index (χ4v) is 2.90. The Labute approximate surface area is 143 Å². The highest BCUT2D eigenvalue weighted by molar-refractivity contribution is 7.99. The number of halogens is 3. The molecule has 2 N–H and O–H groups in total. The molecule has 130 valence electrons. The summed E-state index contributed by atoms with van der Waals surface area (Å²) in [7, 11) is 1.22. The van der Waals surface area contributed by atoms with Crippen molar-refractivity contribution in [1.82, 2.24) is 15.0 Å². The van der Waals surface area contributed by atoms with E-state index in [-0.39, 0.29) is 5.95 Å².